The third-order valence-electron chi connectivity index (χ3n) is 3.42. The summed E-state index contributed by atoms with van der Waals surface area (Å²) in [5.74, 6) is -0.245. The summed E-state index contributed by atoms with van der Waals surface area (Å²) in [4.78, 5) is 16.6. The molecule has 0 bridgehead atoms. The van der Waals surface area contributed by atoms with Gasteiger partial charge >= 0.3 is 0 Å². The van der Waals surface area contributed by atoms with Gasteiger partial charge in [0.25, 0.3) is 0 Å². The van der Waals surface area contributed by atoms with Gasteiger partial charge in [-0.05, 0) is 38.2 Å². The molecular formula is C14H18FN3OS. The van der Waals surface area contributed by atoms with E-state index in [1.807, 2.05) is 13.8 Å². The minimum atomic E-state index is -0.331. The van der Waals surface area contributed by atoms with E-state index >= 15 is 0 Å². The second-order valence-electron chi connectivity index (χ2n) is 4.53. The zero-order valence-corrected chi connectivity index (χ0v) is 12.5. The number of amides is 1. The molecule has 20 heavy (non-hydrogen) atoms. The summed E-state index contributed by atoms with van der Waals surface area (Å²) in [6, 6.07) is 4.83. The lowest BCUT2D eigenvalue weighted by atomic mass is 10.3. The molecule has 1 heterocycles. The molecule has 2 aromatic rings. The second kappa shape index (κ2) is 6.17. The monoisotopic (exact) mass is 295 g/mol. The van der Waals surface area contributed by atoms with Crippen molar-refractivity contribution in [1.29, 1.82) is 0 Å². The maximum absolute atomic E-state index is 13.6. The summed E-state index contributed by atoms with van der Waals surface area (Å²) < 4.78 is 15.9. The topological polar surface area (TPSA) is 41.0 Å². The van der Waals surface area contributed by atoms with Crippen molar-refractivity contribution < 1.29 is 9.18 Å². The molecule has 2 rings (SSSR count). The van der Waals surface area contributed by atoms with Gasteiger partial charge in [0.2, 0.25) is 5.91 Å². The van der Waals surface area contributed by atoms with Crippen molar-refractivity contribution in [3.63, 3.8) is 0 Å². The van der Waals surface area contributed by atoms with E-state index in [-0.39, 0.29) is 11.7 Å². The number of hydrogen-bond donors (Lipinski definition) is 1. The fourth-order valence-corrected chi connectivity index (χ4v) is 2.60. The van der Waals surface area contributed by atoms with Crippen LogP contribution in [0.3, 0.4) is 0 Å². The maximum atomic E-state index is 13.6. The van der Waals surface area contributed by atoms with E-state index in [1.165, 1.54) is 6.07 Å². The Hall–Kier alpha value is -1.69. The molecule has 1 N–H and O–H groups in total. The lowest BCUT2D eigenvalue weighted by Gasteiger charge is -2.18. The molecule has 0 radical (unpaired) electrons. The third-order valence-corrected chi connectivity index (χ3v) is 3.75. The Bertz CT molecular complexity index is 673. The Kier molecular flexibility index (Phi) is 4.54. The molecule has 0 unspecified atom stereocenters. The fourth-order valence-electron chi connectivity index (χ4n) is 2.31. The zero-order valence-electron chi connectivity index (χ0n) is 11.6. The minimum absolute atomic E-state index is 0.0858. The number of hydrogen-bond acceptors (Lipinski definition) is 2. The van der Waals surface area contributed by atoms with Gasteiger partial charge < -0.3 is 14.5 Å². The van der Waals surface area contributed by atoms with E-state index in [0.29, 0.717) is 41.9 Å². The Labute approximate surface area is 122 Å². The minimum Gasteiger partial charge on any atom is -0.343 e. The molecule has 1 aromatic carbocycles. The van der Waals surface area contributed by atoms with Gasteiger partial charge in [-0.1, -0.05) is 6.07 Å². The van der Waals surface area contributed by atoms with Crippen LogP contribution in [0, 0.1) is 10.6 Å². The molecular weight excluding hydrogens is 277 g/mol. The molecule has 0 aliphatic rings. The number of nitrogens with zero attached hydrogens (tertiary/aromatic N) is 2. The molecule has 6 heteroatoms. The smallest absolute Gasteiger partial charge is 0.224 e. The van der Waals surface area contributed by atoms with Crippen molar-refractivity contribution in [2.45, 2.75) is 26.8 Å². The summed E-state index contributed by atoms with van der Waals surface area (Å²) >= 11 is 5.20. The van der Waals surface area contributed by atoms with Crippen LogP contribution in [0.25, 0.3) is 11.0 Å². The molecule has 0 fully saturated rings. The number of para-hydroxylation sites is 1. The Balaban J connectivity index is 2.23. The first kappa shape index (κ1) is 14.7. The molecule has 0 atom stereocenters. The first-order valence-electron chi connectivity index (χ1n) is 6.73. The van der Waals surface area contributed by atoms with Gasteiger partial charge in [0.15, 0.2) is 4.77 Å². The van der Waals surface area contributed by atoms with Gasteiger partial charge in [0.05, 0.1) is 5.52 Å². The van der Waals surface area contributed by atoms with Gasteiger partial charge in [0.1, 0.15) is 11.3 Å². The number of halogens is 1. The molecule has 4 nitrogen and oxygen atoms in total. The highest BCUT2D eigenvalue weighted by Gasteiger charge is 2.12. The predicted molar refractivity (Wildman–Crippen MR) is 79.6 cm³/mol. The van der Waals surface area contributed by atoms with Crippen LogP contribution in [0.1, 0.15) is 20.3 Å². The lowest BCUT2D eigenvalue weighted by Crippen LogP contribution is -2.31. The molecule has 1 amide bonds. The Morgan fingerprint density at radius 1 is 1.40 bits per heavy atom. The molecule has 0 saturated carbocycles. The first-order valence-corrected chi connectivity index (χ1v) is 7.14. The maximum Gasteiger partial charge on any atom is 0.224 e. The van der Waals surface area contributed by atoms with Crippen LogP contribution in [-0.2, 0) is 11.3 Å². The van der Waals surface area contributed by atoms with E-state index in [2.05, 4.69) is 4.98 Å². The van der Waals surface area contributed by atoms with E-state index in [4.69, 9.17) is 12.2 Å². The summed E-state index contributed by atoms with van der Waals surface area (Å²) in [6.45, 7) is 5.76. The number of H-pyrrole nitrogens is 1. The molecule has 108 valence electrons. The van der Waals surface area contributed by atoms with Gasteiger partial charge in [-0.3, -0.25) is 4.79 Å². The lowest BCUT2D eigenvalue weighted by molar-refractivity contribution is -0.131. The van der Waals surface area contributed by atoms with Gasteiger partial charge in [0, 0.05) is 26.1 Å². The number of aromatic nitrogens is 2. The van der Waals surface area contributed by atoms with E-state index in [1.54, 1.807) is 21.6 Å². The quantitative estimate of drug-likeness (QED) is 0.861. The number of imidazole rings is 1. The van der Waals surface area contributed by atoms with Crippen LogP contribution in [0.5, 0.6) is 0 Å². The Morgan fingerprint density at radius 3 is 2.75 bits per heavy atom. The van der Waals surface area contributed by atoms with Crippen LogP contribution in [0.4, 0.5) is 4.39 Å². The van der Waals surface area contributed by atoms with E-state index in [9.17, 15) is 9.18 Å². The van der Waals surface area contributed by atoms with Crippen molar-refractivity contribution in [2.24, 2.45) is 0 Å². The van der Waals surface area contributed by atoms with Crippen LogP contribution >= 0.6 is 12.2 Å². The van der Waals surface area contributed by atoms with E-state index < -0.39 is 0 Å². The summed E-state index contributed by atoms with van der Waals surface area (Å²) in [5.41, 5.74) is 1.09. The number of carbonyl (C=O) groups excluding carboxylic acids is 1. The van der Waals surface area contributed by atoms with Crippen molar-refractivity contribution in [3.05, 3.63) is 28.8 Å². The van der Waals surface area contributed by atoms with Crippen LogP contribution in [-0.4, -0.2) is 33.4 Å². The number of rotatable bonds is 5. The third kappa shape index (κ3) is 2.75. The van der Waals surface area contributed by atoms with Crippen molar-refractivity contribution in [3.8, 4) is 0 Å². The highest BCUT2D eigenvalue weighted by atomic mass is 32.1. The normalized spacial score (nSPS) is 10.9. The molecule has 0 aliphatic heterocycles. The summed E-state index contributed by atoms with van der Waals surface area (Å²) in [6.07, 6.45) is 0.361. The van der Waals surface area contributed by atoms with Crippen LogP contribution in [0.15, 0.2) is 18.2 Å². The molecule has 0 spiro atoms. The highest BCUT2D eigenvalue weighted by molar-refractivity contribution is 7.71. The summed E-state index contributed by atoms with van der Waals surface area (Å²) in [5, 5.41) is 0. The number of carbonyl (C=O) groups is 1. The number of aryl methyl sites for hydroxylation is 1. The predicted octanol–water partition coefficient (Wildman–Crippen LogP) is 3.10. The van der Waals surface area contributed by atoms with E-state index in [0.717, 1.165) is 0 Å². The van der Waals surface area contributed by atoms with Crippen molar-refractivity contribution >= 4 is 29.2 Å². The van der Waals surface area contributed by atoms with Crippen molar-refractivity contribution in [2.75, 3.05) is 13.1 Å². The largest absolute Gasteiger partial charge is 0.343 e. The number of nitrogens with one attached hydrogen (secondary N) is 1. The standard InChI is InChI=1S/C14H18FN3OS/c1-3-17(4-2)12(19)8-9-18-11-7-5-6-10(15)13(11)16-14(18)20/h5-7H,3-4,8-9H2,1-2H3,(H,16,20). The van der Waals surface area contributed by atoms with Crippen molar-refractivity contribution in [1.82, 2.24) is 14.5 Å². The summed E-state index contributed by atoms with van der Waals surface area (Å²) in [7, 11) is 0. The molecule has 0 saturated heterocycles. The number of fused-ring (bicyclic) bond motifs is 1. The second-order valence-corrected chi connectivity index (χ2v) is 4.92. The van der Waals surface area contributed by atoms with Gasteiger partial charge in [-0.2, -0.15) is 0 Å². The van der Waals surface area contributed by atoms with Gasteiger partial charge in [-0.15, -0.1) is 0 Å². The van der Waals surface area contributed by atoms with Crippen LogP contribution < -0.4 is 0 Å². The zero-order chi connectivity index (χ0) is 14.7. The number of benzene rings is 1. The number of aromatic amines is 1. The first-order chi connectivity index (χ1) is 9.58. The Morgan fingerprint density at radius 2 is 2.10 bits per heavy atom. The average Bonchev–Trinajstić information content (AvgIpc) is 2.75. The SMILES string of the molecule is CCN(CC)C(=O)CCn1c(=S)[nH]c2c(F)cccc21. The molecule has 0 aliphatic carbocycles. The highest BCUT2D eigenvalue weighted by Crippen LogP contribution is 2.17. The molecule has 1 aromatic heterocycles. The van der Waals surface area contributed by atoms with Crippen LogP contribution in [0.2, 0.25) is 0 Å². The average molecular weight is 295 g/mol. The fraction of sp³-hybridized carbons (Fsp3) is 0.429. The van der Waals surface area contributed by atoms with Gasteiger partial charge in [-0.25, -0.2) is 4.39 Å².